The molecule has 0 rings (SSSR count). The number of aliphatic hydroxyl groups is 1. The lowest BCUT2D eigenvalue weighted by molar-refractivity contribution is 0.146. The molecule has 0 fully saturated rings. The molecular formula is C12H28N2O. The second-order valence-corrected chi connectivity index (χ2v) is 5.82. The predicted octanol–water partition coefficient (Wildman–Crippen LogP) is 1.18. The highest BCUT2D eigenvalue weighted by Crippen LogP contribution is 2.13. The Bertz CT molecular complexity index is 167. The molecule has 3 heteroatoms. The first-order chi connectivity index (χ1) is 6.78. The van der Waals surface area contributed by atoms with Gasteiger partial charge in [0, 0.05) is 31.2 Å². The number of hydrogen-bond donors (Lipinski definition) is 2. The van der Waals surface area contributed by atoms with Crippen molar-refractivity contribution in [1.29, 1.82) is 0 Å². The van der Waals surface area contributed by atoms with Crippen LogP contribution >= 0.6 is 0 Å². The van der Waals surface area contributed by atoms with E-state index in [1.807, 2.05) is 0 Å². The largest absolute Gasteiger partial charge is 0.396 e. The summed E-state index contributed by atoms with van der Waals surface area (Å²) in [6, 6.07) is 0.492. The van der Waals surface area contributed by atoms with Crippen LogP contribution in [0.25, 0.3) is 0 Å². The van der Waals surface area contributed by atoms with Crippen LogP contribution in [-0.2, 0) is 0 Å². The molecule has 15 heavy (non-hydrogen) atoms. The van der Waals surface area contributed by atoms with Gasteiger partial charge in [0.2, 0.25) is 0 Å². The quantitative estimate of drug-likeness (QED) is 0.671. The summed E-state index contributed by atoms with van der Waals surface area (Å²) in [6.45, 7) is 10.7. The fourth-order valence-electron chi connectivity index (χ4n) is 1.37. The highest BCUT2D eigenvalue weighted by molar-refractivity contribution is 4.78. The molecule has 1 unspecified atom stereocenters. The molecule has 3 nitrogen and oxygen atoms in total. The molecular weight excluding hydrogens is 188 g/mol. The number of nitrogens with one attached hydrogen (secondary N) is 1. The fourth-order valence-corrected chi connectivity index (χ4v) is 1.37. The minimum absolute atomic E-state index is 0.0283. The lowest BCUT2D eigenvalue weighted by Gasteiger charge is -2.30. The SMILES string of the molecule is CC(C)C(CN(C)C)NCC(C)(C)CO. The van der Waals surface area contributed by atoms with Crippen molar-refractivity contribution in [1.82, 2.24) is 10.2 Å². The highest BCUT2D eigenvalue weighted by atomic mass is 16.3. The van der Waals surface area contributed by atoms with E-state index in [2.05, 4.69) is 52.0 Å². The molecule has 1 atom stereocenters. The summed E-state index contributed by atoms with van der Waals surface area (Å²) in [4.78, 5) is 2.20. The second-order valence-electron chi connectivity index (χ2n) is 5.82. The average molecular weight is 216 g/mol. The number of nitrogens with zero attached hydrogens (tertiary/aromatic N) is 1. The van der Waals surface area contributed by atoms with Crippen LogP contribution in [0.2, 0.25) is 0 Å². The molecule has 0 radical (unpaired) electrons. The van der Waals surface area contributed by atoms with E-state index in [1.54, 1.807) is 0 Å². The van der Waals surface area contributed by atoms with Crippen molar-refractivity contribution in [3.63, 3.8) is 0 Å². The Hall–Kier alpha value is -0.120. The van der Waals surface area contributed by atoms with Gasteiger partial charge in [-0.3, -0.25) is 0 Å². The van der Waals surface area contributed by atoms with Gasteiger partial charge in [-0.2, -0.15) is 0 Å². The molecule has 0 saturated carbocycles. The van der Waals surface area contributed by atoms with Gasteiger partial charge in [0.1, 0.15) is 0 Å². The molecule has 0 aromatic rings. The Balaban J connectivity index is 4.07. The first-order valence-electron chi connectivity index (χ1n) is 5.77. The number of rotatable bonds is 7. The number of likely N-dealkylation sites (N-methyl/N-ethyl adjacent to an activating group) is 1. The Kier molecular flexibility index (Phi) is 6.41. The number of aliphatic hydroxyl groups excluding tert-OH is 1. The van der Waals surface area contributed by atoms with Crippen molar-refractivity contribution in [2.24, 2.45) is 11.3 Å². The standard InChI is InChI=1S/C12H28N2O/c1-10(2)11(7-14(5)6)13-8-12(3,4)9-15/h10-11,13,15H,7-9H2,1-6H3. The molecule has 2 N–H and O–H groups in total. The maximum absolute atomic E-state index is 9.18. The zero-order valence-electron chi connectivity index (χ0n) is 11.2. The van der Waals surface area contributed by atoms with Crippen LogP contribution in [0.5, 0.6) is 0 Å². The molecule has 0 aromatic heterocycles. The van der Waals surface area contributed by atoms with Crippen molar-refractivity contribution in [3.8, 4) is 0 Å². The van der Waals surface area contributed by atoms with E-state index in [1.165, 1.54) is 0 Å². The second kappa shape index (κ2) is 6.46. The van der Waals surface area contributed by atoms with E-state index in [9.17, 15) is 5.11 Å². The Morgan fingerprint density at radius 2 is 1.80 bits per heavy atom. The summed E-state index contributed by atoms with van der Waals surface area (Å²) in [6.07, 6.45) is 0. The van der Waals surface area contributed by atoms with E-state index < -0.39 is 0 Å². The Morgan fingerprint density at radius 3 is 2.13 bits per heavy atom. The molecule has 0 bridgehead atoms. The molecule has 0 amide bonds. The van der Waals surface area contributed by atoms with E-state index in [4.69, 9.17) is 0 Å². The molecule has 0 aliphatic carbocycles. The molecule has 92 valence electrons. The van der Waals surface area contributed by atoms with Crippen molar-refractivity contribution in [2.75, 3.05) is 33.8 Å². The van der Waals surface area contributed by atoms with Crippen LogP contribution < -0.4 is 5.32 Å². The third kappa shape index (κ3) is 6.88. The van der Waals surface area contributed by atoms with Gasteiger partial charge >= 0.3 is 0 Å². The highest BCUT2D eigenvalue weighted by Gasteiger charge is 2.20. The molecule has 0 aliphatic heterocycles. The van der Waals surface area contributed by atoms with Gasteiger partial charge in [-0.1, -0.05) is 27.7 Å². The maximum atomic E-state index is 9.18. The minimum Gasteiger partial charge on any atom is -0.396 e. The van der Waals surface area contributed by atoms with Gasteiger partial charge in [-0.15, -0.1) is 0 Å². The summed E-state index contributed by atoms with van der Waals surface area (Å²) < 4.78 is 0. The van der Waals surface area contributed by atoms with Gasteiger partial charge in [-0.25, -0.2) is 0 Å². The topological polar surface area (TPSA) is 35.5 Å². The van der Waals surface area contributed by atoms with E-state index >= 15 is 0 Å². The molecule has 0 saturated heterocycles. The van der Waals surface area contributed by atoms with E-state index in [0.29, 0.717) is 12.0 Å². The zero-order chi connectivity index (χ0) is 12.1. The van der Waals surface area contributed by atoms with Crippen LogP contribution in [0, 0.1) is 11.3 Å². The van der Waals surface area contributed by atoms with E-state index in [-0.39, 0.29) is 12.0 Å². The van der Waals surface area contributed by atoms with Crippen LogP contribution in [0.4, 0.5) is 0 Å². The molecule has 0 heterocycles. The summed E-state index contributed by atoms with van der Waals surface area (Å²) >= 11 is 0. The average Bonchev–Trinajstić information content (AvgIpc) is 2.11. The van der Waals surface area contributed by atoms with Crippen LogP contribution in [0.1, 0.15) is 27.7 Å². The minimum atomic E-state index is -0.0283. The smallest absolute Gasteiger partial charge is 0.0494 e. The first kappa shape index (κ1) is 14.9. The Morgan fingerprint density at radius 1 is 1.27 bits per heavy atom. The molecule has 0 aliphatic rings. The third-order valence-corrected chi connectivity index (χ3v) is 2.64. The lowest BCUT2D eigenvalue weighted by atomic mass is 9.93. The van der Waals surface area contributed by atoms with Gasteiger partial charge in [-0.05, 0) is 20.0 Å². The van der Waals surface area contributed by atoms with E-state index in [0.717, 1.165) is 13.1 Å². The zero-order valence-corrected chi connectivity index (χ0v) is 11.2. The summed E-state index contributed by atoms with van der Waals surface area (Å²) in [5.74, 6) is 0.613. The Labute approximate surface area is 94.9 Å². The maximum Gasteiger partial charge on any atom is 0.0494 e. The predicted molar refractivity (Wildman–Crippen MR) is 66.0 cm³/mol. The van der Waals surface area contributed by atoms with Crippen molar-refractivity contribution >= 4 is 0 Å². The van der Waals surface area contributed by atoms with Gasteiger partial charge < -0.3 is 15.3 Å². The normalized spacial score (nSPS) is 15.0. The lowest BCUT2D eigenvalue weighted by Crippen LogP contribution is -2.46. The van der Waals surface area contributed by atoms with Crippen molar-refractivity contribution in [2.45, 2.75) is 33.7 Å². The summed E-state index contributed by atoms with van der Waals surface area (Å²) in [5.41, 5.74) is -0.0283. The van der Waals surface area contributed by atoms with Crippen LogP contribution in [0.15, 0.2) is 0 Å². The van der Waals surface area contributed by atoms with Crippen molar-refractivity contribution < 1.29 is 5.11 Å². The first-order valence-corrected chi connectivity index (χ1v) is 5.77. The van der Waals surface area contributed by atoms with Crippen LogP contribution in [-0.4, -0.2) is 49.8 Å². The third-order valence-electron chi connectivity index (χ3n) is 2.64. The molecule has 0 spiro atoms. The van der Waals surface area contributed by atoms with Gasteiger partial charge in [0.05, 0.1) is 0 Å². The van der Waals surface area contributed by atoms with Gasteiger partial charge in [0.15, 0.2) is 0 Å². The fraction of sp³-hybridized carbons (Fsp3) is 1.00. The van der Waals surface area contributed by atoms with Crippen LogP contribution in [0.3, 0.4) is 0 Å². The van der Waals surface area contributed by atoms with Gasteiger partial charge in [0.25, 0.3) is 0 Å². The summed E-state index contributed by atoms with van der Waals surface area (Å²) in [7, 11) is 4.18. The van der Waals surface area contributed by atoms with Crippen molar-refractivity contribution in [3.05, 3.63) is 0 Å². The molecule has 0 aromatic carbocycles. The summed E-state index contributed by atoms with van der Waals surface area (Å²) in [5, 5.41) is 12.7. The monoisotopic (exact) mass is 216 g/mol. The number of hydrogen-bond acceptors (Lipinski definition) is 3.